The average molecular weight is 275 g/mol. The first kappa shape index (κ1) is 13.4. The summed E-state index contributed by atoms with van der Waals surface area (Å²) >= 11 is 0. The van der Waals surface area contributed by atoms with Crippen LogP contribution in [0.4, 0.5) is 0 Å². The molecule has 4 heteroatoms. The summed E-state index contributed by atoms with van der Waals surface area (Å²) < 4.78 is 11.0. The topological polar surface area (TPSA) is 47.6 Å². The summed E-state index contributed by atoms with van der Waals surface area (Å²) in [5.74, 6) is 2.30. The first-order valence-electron chi connectivity index (χ1n) is 7.38. The average Bonchev–Trinajstić information content (AvgIpc) is 2.47. The molecule has 1 fully saturated rings. The van der Waals surface area contributed by atoms with E-state index in [9.17, 15) is 4.79 Å². The van der Waals surface area contributed by atoms with Crippen molar-refractivity contribution in [2.45, 2.75) is 32.2 Å². The highest BCUT2D eigenvalue weighted by Gasteiger charge is 2.22. The predicted octanol–water partition coefficient (Wildman–Crippen LogP) is 2.42. The number of Topliss-reactive ketones (excluding diaryl/α,β-unsaturated/α-hetero) is 1. The Bertz CT molecular complexity index is 500. The van der Waals surface area contributed by atoms with Crippen LogP contribution in [0.1, 0.15) is 36.5 Å². The van der Waals surface area contributed by atoms with E-state index in [0.717, 1.165) is 18.7 Å². The summed E-state index contributed by atoms with van der Waals surface area (Å²) in [6.07, 6.45) is 2.84. The summed E-state index contributed by atoms with van der Waals surface area (Å²) in [5.41, 5.74) is 0.717. The van der Waals surface area contributed by atoms with Gasteiger partial charge in [-0.05, 0) is 43.5 Å². The third-order valence-corrected chi connectivity index (χ3v) is 4.05. The minimum absolute atomic E-state index is 0.175. The van der Waals surface area contributed by atoms with E-state index in [1.165, 1.54) is 6.42 Å². The van der Waals surface area contributed by atoms with E-state index in [1.54, 1.807) is 0 Å². The van der Waals surface area contributed by atoms with E-state index in [2.05, 4.69) is 12.2 Å². The lowest BCUT2D eigenvalue weighted by Crippen LogP contribution is -2.38. The molecular weight excluding hydrogens is 254 g/mol. The van der Waals surface area contributed by atoms with Crippen molar-refractivity contribution in [3.63, 3.8) is 0 Å². The molecule has 0 aromatic heterocycles. The molecule has 1 saturated heterocycles. The molecule has 2 atom stereocenters. The monoisotopic (exact) mass is 275 g/mol. The zero-order chi connectivity index (χ0) is 13.9. The van der Waals surface area contributed by atoms with Crippen LogP contribution in [0.3, 0.4) is 0 Å². The Kier molecular flexibility index (Phi) is 3.92. The molecule has 4 nitrogen and oxygen atoms in total. The number of hydrogen-bond acceptors (Lipinski definition) is 4. The van der Waals surface area contributed by atoms with Crippen LogP contribution in [0.25, 0.3) is 0 Å². The highest BCUT2D eigenvalue weighted by Crippen LogP contribution is 2.31. The third kappa shape index (κ3) is 2.96. The molecule has 2 aliphatic heterocycles. The summed E-state index contributed by atoms with van der Waals surface area (Å²) in [4.78, 5) is 12.4. The van der Waals surface area contributed by atoms with Crippen LogP contribution in [0, 0.1) is 5.92 Å². The van der Waals surface area contributed by atoms with Crippen LogP contribution in [-0.2, 0) is 0 Å². The lowest BCUT2D eigenvalue weighted by Gasteiger charge is -2.27. The standard InChI is InChI=1S/C16H21NO3/c1-11-4-5-17-13(8-11)10-14(18)12-2-3-15-16(9-12)20-7-6-19-15/h2-3,9,11,13,17H,4-8,10H2,1H3. The van der Waals surface area contributed by atoms with Gasteiger partial charge in [-0.1, -0.05) is 6.92 Å². The van der Waals surface area contributed by atoms with E-state index in [1.807, 2.05) is 18.2 Å². The van der Waals surface area contributed by atoms with Crippen LogP contribution in [0.2, 0.25) is 0 Å². The van der Waals surface area contributed by atoms with Gasteiger partial charge in [0.15, 0.2) is 17.3 Å². The fourth-order valence-corrected chi connectivity index (χ4v) is 2.93. The molecular formula is C16H21NO3. The maximum atomic E-state index is 12.4. The van der Waals surface area contributed by atoms with E-state index in [-0.39, 0.29) is 5.78 Å². The molecule has 0 spiro atoms. The summed E-state index contributed by atoms with van der Waals surface area (Å²) in [5, 5.41) is 3.44. The Morgan fingerprint density at radius 2 is 2.10 bits per heavy atom. The van der Waals surface area contributed by atoms with Crippen molar-refractivity contribution in [1.82, 2.24) is 5.32 Å². The largest absolute Gasteiger partial charge is 0.486 e. The lowest BCUT2D eigenvalue weighted by atomic mass is 9.90. The number of ether oxygens (including phenoxy) is 2. The number of benzene rings is 1. The quantitative estimate of drug-likeness (QED) is 0.861. The number of fused-ring (bicyclic) bond motifs is 1. The maximum absolute atomic E-state index is 12.4. The Labute approximate surface area is 119 Å². The summed E-state index contributed by atoms with van der Waals surface area (Å²) in [6, 6.07) is 5.78. The number of nitrogens with one attached hydrogen (secondary N) is 1. The number of carbonyl (C=O) groups excluding carboxylic acids is 1. The number of piperidine rings is 1. The second-order valence-electron chi connectivity index (χ2n) is 5.77. The molecule has 1 N–H and O–H groups in total. The molecule has 0 radical (unpaired) electrons. The van der Waals surface area contributed by atoms with Crippen molar-refractivity contribution in [3.05, 3.63) is 23.8 Å². The smallest absolute Gasteiger partial charge is 0.164 e. The second-order valence-corrected chi connectivity index (χ2v) is 5.77. The highest BCUT2D eigenvalue weighted by atomic mass is 16.6. The molecule has 2 unspecified atom stereocenters. The van der Waals surface area contributed by atoms with Gasteiger partial charge in [-0.3, -0.25) is 4.79 Å². The SMILES string of the molecule is CC1CCNC(CC(=O)c2ccc3c(c2)OCCO3)C1. The molecule has 20 heavy (non-hydrogen) atoms. The molecule has 3 rings (SSSR count). The van der Waals surface area contributed by atoms with Crippen LogP contribution in [0.5, 0.6) is 11.5 Å². The molecule has 0 bridgehead atoms. The molecule has 108 valence electrons. The lowest BCUT2D eigenvalue weighted by molar-refractivity contribution is 0.0957. The third-order valence-electron chi connectivity index (χ3n) is 4.05. The zero-order valence-corrected chi connectivity index (χ0v) is 11.9. The molecule has 0 aliphatic carbocycles. The van der Waals surface area contributed by atoms with Gasteiger partial charge in [-0.2, -0.15) is 0 Å². The van der Waals surface area contributed by atoms with Crippen molar-refractivity contribution < 1.29 is 14.3 Å². The number of ketones is 1. The van der Waals surface area contributed by atoms with Gasteiger partial charge in [-0.25, -0.2) is 0 Å². The van der Waals surface area contributed by atoms with Gasteiger partial charge in [0.2, 0.25) is 0 Å². The predicted molar refractivity (Wildman–Crippen MR) is 76.6 cm³/mol. The van der Waals surface area contributed by atoms with E-state index >= 15 is 0 Å². The van der Waals surface area contributed by atoms with Gasteiger partial charge in [0.1, 0.15) is 13.2 Å². The first-order chi connectivity index (χ1) is 9.72. The van der Waals surface area contributed by atoms with Crippen LogP contribution < -0.4 is 14.8 Å². The number of hydrogen-bond donors (Lipinski definition) is 1. The Morgan fingerprint density at radius 3 is 2.90 bits per heavy atom. The number of carbonyl (C=O) groups is 1. The molecule has 1 aromatic carbocycles. The van der Waals surface area contributed by atoms with Crippen LogP contribution in [0.15, 0.2) is 18.2 Å². The number of rotatable bonds is 3. The fourth-order valence-electron chi connectivity index (χ4n) is 2.93. The Hall–Kier alpha value is -1.55. The van der Waals surface area contributed by atoms with Gasteiger partial charge in [-0.15, -0.1) is 0 Å². The van der Waals surface area contributed by atoms with Crippen molar-refractivity contribution in [2.24, 2.45) is 5.92 Å². The zero-order valence-electron chi connectivity index (χ0n) is 11.9. The molecule has 1 aromatic rings. The summed E-state index contributed by atoms with van der Waals surface area (Å²) in [6.45, 7) is 4.39. The van der Waals surface area contributed by atoms with Gasteiger partial charge in [0.05, 0.1) is 0 Å². The van der Waals surface area contributed by atoms with E-state index in [4.69, 9.17) is 9.47 Å². The first-order valence-corrected chi connectivity index (χ1v) is 7.38. The minimum Gasteiger partial charge on any atom is -0.486 e. The highest BCUT2D eigenvalue weighted by molar-refractivity contribution is 5.97. The molecule has 0 amide bonds. The molecule has 0 saturated carbocycles. The normalized spacial score (nSPS) is 25.2. The Balaban J connectivity index is 1.67. The van der Waals surface area contributed by atoms with E-state index < -0.39 is 0 Å². The van der Waals surface area contributed by atoms with Crippen molar-refractivity contribution in [1.29, 1.82) is 0 Å². The maximum Gasteiger partial charge on any atom is 0.164 e. The van der Waals surface area contributed by atoms with Crippen molar-refractivity contribution in [3.8, 4) is 11.5 Å². The fraction of sp³-hybridized carbons (Fsp3) is 0.562. The molecule has 2 aliphatic rings. The van der Waals surface area contributed by atoms with Crippen LogP contribution in [-0.4, -0.2) is 31.6 Å². The van der Waals surface area contributed by atoms with Gasteiger partial charge in [0.25, 0.3) is 0 Å². The van der Waals surface area contributed by atoms with Gasteiger partial charge < -0.3 is 14.8 Å². The second kappa shape index (κ2) is 5.83. The van der Waals surface area contributed by atoms with Crippen LogP contribution >= 0.6 is 0 Å². The van der Waals surface area contributed by atoms with E-state index in [0.29, 0.717) is 42.9 Å². The van der Waals surface area contributed by atoms with Gasteiger partial charge in [0, 0.05) is 18.0 Å². The minimum atomic E-state index is 0.175. The Morgan fingerprint density at radius 1 is 1.30 bits per heavy atom. The van der Waals surface area contributed by atoms with Gasteiger partial charge >= 0.3 is 0 Å². The van der Waals surface area contributed by atoms with Crippen molar-refractivity contribution in [2.75, 3.05) is 19.8 Å². The van der Waals surface area contributed by atoms with Crippen molar-refractivity contribution >= 4 is 5.78 Å². The molecule has 2 heterocycles. The summed E-state index contributed by atoms with van der Waals surface area (Å²) in [7, 11) is 0.